The number of benzene rings is 2. The summed E-state index contributed by atoms with van der Waals surface area (Å²) in [6.45, 7) is 0. The number of para-hydroxylation sites is 2. The summed E-state index contributed by atoms with van der Waals surface area (Å²) in [6, 6.07) is 16.4. The summed E-state index contributed by atoms with van der Waals surface area (Å²) in [5, 5.41) is 2.35. The molecule has 23 heavy (non-hydrogen) atoms. The van der Waals surface area contributed by atoms with Gasteiger partial charge in [0.1, 0.15) is 5.76 Å². The maximum atomic E-state index is 11.3. The second-order valence-electron chi connectivity index (χ2n) is 5.00. The molecule has 3 aromatic rings. The number of esters is 1. The first kappa shape index (κ1) is 14.9. The fourth-order valence-corrected chi connectivity index (χ4v) is 2.60. The molecule has 2 aromatic carbocycles. The zero-order valence-electron chi connectivity index (χ0n) is 13.0. The molecule has 3 rings (SSSR count). The van der Waals surface area contributed by atoms with E-state index in [9.17, 15) is 4.79 Å². The summed E-state index contributed by atoms with van der Waals surface area (Å²) in [4.78, 5) is 11.3. The van der Waals surface area contributed by atoms with Crippen molar-refractivity contribution in [2.75, 3.05) is 14.2 Å². The van der Waals surface area contributed by atoms with Crippen LogP contribution in [-0.2, 0) is 14.3 Å². The molecule has 0 saturated carbocycles. The van der Waals surface area contributed by atoms with Crippen LogP contribution in [0.1, 0.15) is 0 Å². The van der Waals surface area contributed by atoms with E-state index in [1.807, 2.05) is 30.5 Å². The Balaban J connectivity index is 2.19. The van der Waals surface area contributed by atoms with Crippen molar-refractivity contribution >= 4 is 34.0 Å². The molecule has 0 spiro atoms. The van der Waals surface area contributed by atoms with E-state index in [1.165, 1.54) is 24.0 Å². The molecule has 0 radical (unpaired) electrons. The number of hydrogen-bond donors (Lipinski definition) is 0. The Hall–Kier alpha value is -3.01. The Labute approximate surface area is 134 Å². The lowest BCUT2D eigenvalue weighted by Gasteiger charge is -2.04. The number of allylic oxidation sites excluding steroid dienone is 1. The fourth-order valence-electron chi connectivity index (χ4n) is 2.60. The Bertz CT molecular complexity index is 865. The van der Waals surface area contributed by atoms with Gasteiger partial charge < -0.3 is 14.0 Å². The third-order valence-corrected chi connectivity index (χ3v) is 3.69. The summed E-state index contributed by atoms with van der Waals surface area (Å²) in [5.74, 6) is 0.136. The molecule has 116 valence electrons. The number of rotatable bonds is 4. The van der Waals surface area contributed by atoms with Crippen LogP contribution >= 0.6 is 0 Å². The van der Waals surface area contributed by atoms with Crippen molar-refractivity contribution in [3.63, 3.8) is 0 Å². The van der Waals surface area contributed by atoms with Crippen LogP contribution in [0.2, 0.25) is 0 Å². The maximum absolute atomic E-state index is 11.3. The highest BCUT2D eigenvalue weighted by Crippen LogP contribution is 2.29. The molecule has 4 nitrogen and oxygen atoms in total. The Morgan fingerprint density at radius 1 is 0.870 bits per heavy atom. The number of aromatic nitrogens is 1. The molecule has 4 heteroatoms. The van der Waals surface area contributed by atoms with Crippen LogP contribution in [0.5, 0.6) is 0 Å². The van der Waals surface area contributed by atoms with Crippen LogP contribution in [0.25, 0.3) is 28.0 Å². The number of carbonyl (C=O) groups excluding carboxylic acids is 1. The van der Waals surface area contributed by atoms with Gasteiger partial charge in [-0.1, -0.05) is 36.4 Å². The van der Waals surface area contributed by atoms with Crippen LogP contribution in [-0.4, -0.2) is 24.8 Å². The first-order valence-corrected chi connectivity index (χ1v) is 7.24. The zero-order chi connectivity index (χ0) is 16.2. The minimum Gasteiger partial charge on any atom is -0.495 e. The van der Waals surface area contributed by atoms with Crippen LogP contribution in [0, 0.1) is 0 Å². The quantitative estimate of drug-likeness (QED) is 0.317. The molecule has 0 fully saturated rings. The summed E-state index contributed by atoms with van der Waals surface area (Å²) in [6.07, 6.45) is 4.79. The summed E-state index contributed by atoms with van der Waals surface area (Å²) < 4.78 is 12.0. The largest absolute Gasteiger partial charge is 0.495 e. The summed E-state index contributed by atoms with van der Waals surface area (Å²) in [5.41, 5.74) is 2.16. The monoisotopic (exact) mass is 307 g/mol. The van der Waals surface area contributed by atoms with E-state index in [0.717, 1.165) is 11.0 Å². The molecule has 0 aliphatic rings. The van der Waals surface area contributed by atoms with Gasteiger partial charge >= 0.3 is 5.97 Å². The van der Waals surface area contributed by atoms with E-state index in [0.29, 0.717) is 5.76 Å². The molecule has 0 N–H and O–H groups in total. The highest BCUT2D eigenvalue weighted by atomic mass is 16.5. The van der Waals surface area contributed by atoms with Crippen molar-refractivity contribution in [2.45, 2.75) is 0 Å². The number of fused-ring (bicyclic) bond motifs is 3. The molecule has 0 aliphatic heterocycles. The average molecular weight is 307 g/mol. The molecule has 0 aliphatic carbocycles. The molecule has 1 aromatic heterocycles. The molecular weight excluding hydrogens is 290 g/mol. The molecular formula is C19H17NO3. The molecule has 0 unspecified atom stereocenters. The lowest BCUT2D eigenvalue weighted by molar-refractivity contribution is -0.134. The van der Waals surface area contributed by atoms with Crippen molar-refractivity contribution in [1.82, 2.24) is 4.57 Å². The van der Waals surface area contributed by atoms with Crippen molar-refractivity contribution in [1.29, 1.82) is 0 Å². The normalized spacial score (nSPS) is 12.2. The first-order valence-electron chi connectivity index (χ1n) is 7.24. The first-order chi connectivity index (χ1) is 11.2. The number of carbonyl (C=O) groups is 1. The number of ether oxygens (including phenoxy) is 2. The van der Waals surface area contributed by atoms with E-state index >= 15 is 0 Å². The minimum atomic E-state index is -0.421. The van der Waals surface area contributed by atoms with Crippen LogP contribution in [0.15, 0.2) is 66.4 Å². The predicted molar refractivity (Wildman–Crippen MR) is 91.9 cm³/mol. The standard InChI is InChI=1S/C19H17NO3/c1-22-14(11-12-19(21)23-2)13-20-17-9-5-3-7-15(17)16-8-4-6-10-18(16)20/h3-13H,1-2H3/b12-11+,14-13-. The highest BCUT2D eigenvalue weighted by Gasteiger charge is 2.08. The summed E-state index contributed by atoms with van der Waals surface area (Å²) in [7, 11) is 2.91. The Morgan fingerprint density at radius 3 is 1.96 bits per heavy atom. The number of nitrogens with zero attached hydrogens (tertiary/aromatic N) is 1. The van der Waals surface area contributed by atoms with Gasteiger partial charge in [0.05, 0.1) is 31.5 Å². The second-order valence-corrected chi connectivity index (χ2v) is 5.00. The summed E-state index contributed by atoms with van der Waals surface area (Å²) >= 11 is 0. The van der Waals surface area contributed by atoms with Gasteiger partial charge in [0.25, 0.3) is 0 Å². The van der Waals surface area contributed by atoms with Gasteiger partial charge in [-0.2, -0.15) is 0 Å². The molecule has 0 bridgehead atoms. The lowest BCUT2D eigenvalue weighted by Crippen LogP contribution is -1.95. The Morgan fingerprint density at radius 2 is 1.43 bits per heavy atom. The number of methoxy groups -OCH3 is 2. The van der Waals surface area contributed by atoms with Crippen LogP contribution in [0.4, 0.5) is 0 Å². The smallest absolute Gasteiger partial charge is 0.330 e. The van der Waals surface area contributed by atoms with Crippen molar-refractivity contribution in [3.8, 4) is 0 Å². The van der Waals surface area contributed by atoms with E-state index in [1.54, 1.807) is 13.2 Å². The topological polar surface area (TPSA) is 40.5 Å². The zero-order valence-corrected chi connectivity index (χ0v) is 13.0. The number of hydrogen-bond acceptors (Lipinski definition) is 3. The van der Waals surface area contributed by atoms with E-state index in [-0.39, 0.29) is 0 Å². The minimum absolute atomic E-state index is 0.421. The second kappa shape index (κ2) is 6.40. The highest BCUT2D eigenvalue weighted by molar-refractivity contribution is 6.09. The van der Waals surface area contributed by atoms with Crippen LogP contribution in [0.3, 0.4) is 0 Å². The predicted octanol–water partition coefficient (Wildman–Crippen LogP) is 3.97. The van der Waals surface area contributed by atoms with Gasteiger partial charge in [-0.15, -0.1) is 0 Å². The van der Waals surface area contributed by atoms with Crippen molar-refractivity contribution in [3.05, 3.63) is 66.4 Å². The van der Waals surface area contributed by atoms with Gasteiger partial charge in [-0.05, 0) is 18.2 Å². The average Bonchev–Trinajstić information content (AvgIpc) is 2.92. The van der Waals surface area contributed by atoms with Crippen molar-refractivity contribution in [2.24, 2.45) is 0 Å². The SMILES string of the molecule is COC(=O)/C=C/C(=C/n1c2ccccc2c2ccccc21)OC. The van der Waals surface area contributed by atoms with E-state index in [4.69, 9.17) is 4.74 Å². The third kappa shape index (κ3) is 2.83. The fraction of sp³-hybridized carbons (Fsp3) is 0.105. The van der Waals surface area contributed by atoms with Gasteiger partial charge in [-0.25, -0.2) is 4.79 Å². The molecule has 0 saturated heterocycles. The molecule has 0 atom stereocenters. The van der Waals surface area contributed by atoms with Gasteiger partial charge in [0.15, 0.2) is 0 Å². The van der Waals surface area contributed by atoms with Gasteiger partial charge in [0.2, 0.25) is 0 Å². The lowest BCUT2D eigenvalue weighted by atomic mass is 10.2. The van der Waals surface area contributed by atoms with Crippen LogP contribution < -0.4 is 0 Å². The van der Waals surface area contributed by atoms with E-state index in [2.05, 4.69) is 33.6 Å². The Kier molecular flexibility index (Phi) is 4.15. The molecule has 0 amide bonds. The van der Waals surface area contributed by atoms with E-state index < -0.39 is 5.97 Å². The van der Waals surface area contributed by atoms with Gasteiger partial charge in [0, 0.05) is 16.8 Å². The third-order valence-electron chi connectivity index (χ3n) is 3.69. The molecule has 1 heterocycles. The van der Waals surface area contributed by atoms with Gasteiger partial charge in [-0.3, -0.25) is 0 Å². The maximum Gasteiger partial charge on any atom is 0.330 e. The van der Waals surface area contributed by atoms with Crippen molar-refractivity contribution < 1.29 is 14.3 Å².